The third-order valence-corrected chi connectivity index (χ3v) is 5.14. The van der Waals surface area contributed by atoms with Crippen LogP contribution in [-0.4, -0.2) is 39.2 Å². The van der Waals surface area contributed by atoms with Crippen LogP contribution in [0.25, 0.3) is 11.0 Å². The summed E-state index contributed by atoms with van der Waals surface area (Å²) in [6, 6.07) is 12.0. The number of nitrogen functional groups attached to an aromatic ring is 1. The molecule has 0 amide bonds. The van der Waals surface area contributed by atoms with Gasteiger partial charge < -0.3 is 19.6 Å². The van der Waals surface area contributed by atoms with Crippen molar-refractivity contribution >= 4 is 22.7 Å². The molecule has 0 saturated heterocycles. The summed E-state index contributed by atoms with van der Waals surface area (Å²) in [5.74, 6) is 0.771. The van der Waals surface area contributed by atoms with Crippen LogP contribution in [0.15, 0.2) is 47.1 Å². The quantitative estimate of drug-likeness (QED) is 0.296. The second-order valence-electron chi connectivity index (χ2n) is 7.41. The number of ketones is 1. The standard InChI is InChI=1S/C23H25N5O4/c1-15-18-10-13-31-20(18)22(30-12-6-9-17-7-4-3-5-8-17)21(19(15)16(2)29)32-14-11-28-26-23(24)25-27-28/h3-5,7-8,10,13H,6,9,11-12,14H2,1-2H3,(H2,24,26). The van der Waals surface area contributed by atoms with E-state index in [9.17, 15) is 4.79 Å². The summed E-state index contributed by atoms with van der Waals surface area (Å²) in [7, 11) is 0. The zero-order valence-electron chi connectivity index (χ0n) is 18.1. The number of rotatable bonds is 10. The molecular formula is C23H25N5O4. The fourth-order valence-corrected chi connectivity index (χ4v) is 3.67. The van der Waals surface area contributed by atoms with Gasteiger partial charge in [-0.1, -0.05) is 35.4 Å². The average Bonchev–Trinajstić information content (AvgIpc) is 3.43. The van der Waals surface area contributed by atoms with Crippen LogP contribution in [0, 0.1) is 6.92 Å². The van der Waals surface area contributed by atoms with Crippen molar-refractivity contribution in [3.8, 4) is 11.5 Å². The number of aromatic nitrogens is 4. The Morgan fingerprint density at radius 3 is 2.62 bits per heavy atom. The van der Waals surface area contributed by atoms with Gasteiger partial charge in [-0.2, -0.15) is 4.80 Å². The largest absolute Gasteiger partial charge is 0.487 e. The molecular weight excluding hydrogens is 410 g/mol. The Bertz CT molecular complexity index is 1220. The number of hydrogen-bond acceptors (Lipinski definition) is 8. The van der Waals surface area contributed by atoms with Crippen molar-refractivity contribution < 1.29 is 18.7 Å². The third kappa shape index (κ3) is 4.56. The molecule has 4 rings (SSSR count). The lowest BCUT2D eigenvalue weighted by Crippen LogP contribution is -2.14. The SMILES string of the molecule is CC(=O)c1c(OCCn2nnc(N)n2)c(OCCCc2ccccc2)c2occc2c1C. The maximum atomic E-state index is 12.5. The highest BCUT2D eigenvalue weighted by Crippen LogP contribution is 2.43. The molecule has 2 aromatic heterocycles. The first-order valence-electron chi connectivity index (χ1n) is 10.4. The number of hydrogen-bond donors (Lipinski definition) is 1. The molecule has 2 N–H and O–H groups in total. The monoisotopic (exact) mass is 435 g/mol. The zero-order chi connectivity index (χ0) is 22.5. The number of benzene rings is 2. The van der Waals surface area contributed by atoms with Crippen molar-refractivity contribution in [2.75, 3.05) is 18.9 Å². The normalized spacial score (nSPS) is 11.1. The molecule has 0 aliphatic carbocycles. The van der Waals surface area contributed by atoms with Crippen molar-refractivity contribution in [1.29, 1.82) is 0 Å². The molecule has 32 heavy (non-hydrogen) atoms. The second kappa shape index (κ2) is 9.51. The van der Waals surface area contributed by atoms with Gasteiger partial charge in [0.2, 0.25) is 5.75 Å². The number of anilines is 1. The first kappa shape index (κ1) is 21.4. The Labute approximate surface area is 185 Å². The summed E-state index contributed by atoms with van der Waals surface area (Å²) in [5.41, 5.74) is 8.57. The van der Waals surface area contributed by atoms with Gasteiger partial charge >= 0.3 is 0 Å². The molecule has 0 unspecified atom stereocenters. The van der Waals surface area contributed by atoms with Crippen LogP contribution in [-0.2, 0) is 13.0 Å². The highest BCUT2D eigenvalue weighted by molar-refractivity contribution is 6.05. The van der Waals surface area contributed by atoms with E-state index in [-0.39, 0.29) is 18.3 Å². The van der Waals surface area contributed by atoms with Crippen LogP contribution in [0.3, 0.4) is 0 Å². The number of fused-ring (bicyclic) bond motifs is 1. The van der Waals surface area contributed by atoms with Gasteiger partial charge in [-0.15, -0.1) is 5.10 Å². The number of ether oxygens (including phenoxy) is 2. The van der Waals surface area contributed by atoms with Crippen molar-refractivity contribution in [3.63, 3.8) is 0 Å². The van der Waals surface area contributed by atoms with Gasteiger partial charge in [0, 0.05) is 5.39 Å². The van der Waals surface area contributed by atoms with Crippen LogP contribution in [0.1, 0.15) is 34.8 Å². The minimum absolute atomic E-state index is 0.0877. The van der Waals surface area contributed by atoms with Gasteiger partial charge in [-0.3, -0.25) is 4.79 Å². The van der Waals surface area contributed by atoms with E-state index < -0.39 is 0 Å². The predicted molar refractivity (Wildman–Crippen MR) is 119 cm³/mol. The summed E-state index contributed by atoms with van der Waals surface area (Å²) in [6.45, 7) is 4.34. The zero-order valence-corrected chi connectivity index (χ0v) is 18.1. The number of tetrazole rings is 1. The maximum Gasteiger partial charge on any atom is 0.260 e. The lowest BCUT2D eigenvalue weighted by molar-refractivity contribution is 0.101. The van der Waals surface area contributed by atoms with Crippen molar-refractivity contribution in [2.45, 2.75) is 33.2 Å². The molecule has 0 aliphatic rings. The van der Waals surface area contributed by atoms with Gasteiger partial charge in [0.15, 0.2) is 17.1 Å². The summed E-state index contributed by atoms with van der Waals surface area (Å²) in [6.07, 6.45) is 3.27. The van der Waals surface area contributed by atoms with Crippen molar-refractivity contribution in [3.05, 3.63) is 59.4 Å². The van der Waals surface area contributed by atoms with E-state index in [0.29, 0.717) is 35.8 Å². The van der Waals surface area contributed by atoms with E-state index in [0.717, 1.165) is 23.8 Å². The van der Waals surface area contributed by atoms with Gasteiger partial charge in [-0.25, -0.2) is 0 Å². The number of furan rings is 1. The Morgan fingerprint density at radius 2 is 1.91 bits per heavy atom. The fourth-order valence-electron chi connectivity index (χ4n) is 3.67. The third-order valence-electron chi connectivity index (χ3n) is 5.14. The summed E-state index contributed by atoms with van der Waals surface area (Å²) in [4.78, 5) is 13.9. The van der Waals surface area contributed by atoms with E-state index in [1.54, 1.807) is 6.26 Å². The second-order valence-corrected chi connectivity index (χ2v) is 7.41. The number of nitrogens with two attached hydrogens (primary N) is 1. The molecule has 2 aromatic carbocycles. The lowest BCUT2D eigenvalue weighted by atomic mass is 9.99. The highest BCUT2D eigenvalue weighted by Gasteiger charge is 2.25. The predicted octanol–water partition coefficient (Wildman–Crippen LogP) is 3.60. The van der Waals surface area contributed by atoms with E-state index in [4.69, 9.17) is 19.6 Å². The number of nitrogens with zero attached hydrogens (tertiary/aromatic N) is 4. The molecule has 9 heteroatoms. The Hall–Kier alpha value is -3.88. The Kier molecular flexibility index (Phi) is 6.34. The fraction of sp³-hybridized carbons (Fsp3) is 0.304. The van der Waals surface area contributed by atoms with Crippen LogP contribution < -0.4 is 15.2 Å². The van der Waals surface area contributed by atoms with Gasteiger partial charge in [0.05, 0.1) is 25.0 Å². The van der Waals surface area contributed by atoms with E-state index in [2.05, 4.69) is 27.5 Å². The molecule has 0 spiro atoms. The van der Waals surface area contributed by atoms with Crippen molar-refractivity contribution in [2.24, 2.45) is 0 Å². The number of carbonyl (C=O) groups excluding carboxylic acids is 1. The van der Waals surface area contributed by atoms with Gasteiger partial charge in [0.1, 0.15) is 6.61 Å². The molecule has 9 nitrogen and oxygen atoms in total. The van der Waals surface area contributed by atoms with E-state index in [1.165, 1.54) is 17.3 Å². The number of carbonyl (C=O) groups is 1. The van der Waals surface area contributed by atoms with Crippen LogP contribution >= 0.6 is 0 Å². The topological polar surface area (TPSA) is 118 Å². The number of aryl methyl sites for hydroxylation is 2. The molecule has 0 saturated carbocycles. The Balaban J connectivity index is 1.57. The van der Waals surface area contributed by atoms with Gasteiger partial charge in [-0.05, 0) is 49.1 Å². The smallest absolute Gasteiger partial charge is 0.260 e. The van der Waals surface area contributed by atoms with Crippen LogP contribution in [0.4, 0.5) is 5.95 Å². The molecule has 0 atom stereocenters. The minimum Gasteiger partial charge on any atom is -0.487 e. The average molecular weight is 435 g/mol. The molecule has 0 fully saturated rings. The summed E-state index contributed by atoms with van der Waals surface area (Å²) >= 11 is 0. The first-order chi connectivity index (χ1) is 15.5. The minimum atomic E-state index is -0.113. The Morgan fingerprint density at radius 1 is 1.12 bits per heavy atom. The van der Waals surface area contributed by atoms with Crippen LogP contribution in [0.2, 0.25) is 0 Å². The van der Waals surface area contributed by atoms with Crippen molar-refractivity contribution in [1.82, 2.24) is 20.2 Å². The first-order valence-corrected chi connectivity index (χ1v) is 10.4. The maximum absolute atomic E-state index is 12.5. The van der Waals surface area contributed by atoms with E-state index >= 15 is 0 Å². The summed E-state index contributed by atoms with van der Waals surface area (Å²) < 4.78 is 17.9. The molecule has 4 aromatic rings. The molecule has 2 heterocycles. The summed E-state index contributed by atoms with van der Waals surface area (Å²) in [5, 5.41) is 12.2. The molecule has 166 valence electrons. The van der Waals surface area contributed by atoms with E-state index in [1.807, 2.05) is 31.2 Å². The lowest BCUT2D eigenvalue weighted by Gasteiger charge is -2.18. The van der Waals surface area contributed by atoms with Gasteiger partial charge in [0.25, 0.3) is 5.95 Å². The highest BCUT2D eigenvalue weighted by atomic mass is 16.5. The molecule has 0 aliphatic heterocycles. The molecule has 0 radical (unpaired) electrons. The molecule has 0 bridgehead atoms. The number of Topliss-reactive ketones (excluding diaryl/α,β-unsaturated/α-hetero) is 1. The van der Waals surface area contributed by atoms with Crippen LogP contribution in [0.5, 0.6) is 11.5 Å².